The molecule has 2 aliphatic heterocycles. The van der Waals surface area contributed by atoms with Crippen LogP contribution in [0.15, 0.2) is 24.3 Å². The summed E-state index contributed by atoms with van der Waals surface area (Å²) in [6, 6.07) is 7.84. The molecule has 0 saturated carbocycles. The van der Waals surface area contributed by atoms with Gasteiger partial charge in [-0.05, 0) is 39.8 Å². The number of nitrogens with one attached hydrogen (secondary N) is 1. The molecule has 0 aromatic heterocycles. The van der Waals surface area contributed by atoms with Crippen LogP contribution in [0.3, 0.4) is 0 Å². The molecule has 3 rings (SSSR count). The molecule has 0 aliphatic carbocycles. The smallest absolute Gasteiger partial charge is 0.302 e. The second-order valence-electron chi connectivity index (χ2n) is 7.08. The number of para-hydroxylation sites is 2. The van der Waals surface area contributed by atoms with Gasteiger partial charge in [-0.1, -0.05) is 12.1 Å². The lowest BCUT2D eigenvalue weighted by atomic mass is 9.81. The first kappa shape index (κ1) is 15.8. The van der Waals surface area contributed by atoms with E-state index >= 15 is 0 Å². The molecule has 4 heteroatoms. The van der Waals surface area contributed by atoms with E-state index < -0.39 is 0 Å². The van der Waals surface area contributed by atoms with Gasteiger partial charge in [0.05, 0.1) is 0 Å². The highest BCUT2D eigenvalue weighted by Crippen LogP contribution is 2.43. The SMILES string of the molecule is CC(=O)OC1CC(C)(C)NC(C)(C)C1.c1ccc2c(c1)O2. The van der Waals surface area contributed by atoms with Crippen molar-refractivity contribution >= 4 is 5.97 Å². The number of hydrogen-bond acceptors (Lipinski definition) is 4. The van der Waals surface area contributed by atoms with Crippen LogP contribution in [0, 0.1) is 0 Å². The summed E-state index contributed by atoms with van der Waals surface area (Å²) in [5, 5.41) is 3.54. The standard InChI is InChI=1S/C11H21NO2.C6H4O/c1-8(13)14-9-6-10(2,3)12-11(4,5)7-9;1-2-4-6-5(3-1)7-6/h9,12H,6-7H2,1-5H3;1-4H. The number of carbonyl (C=O) groups excluding carboxylic acids is 1. The van der Waals surface area contributed by atoms with Crippen molar-refractivity contribution < 1.29 is 14.3 Å². The Balaban J connectivity index is 0.000000189. The van der Waals surface area contributed by atoms with Gasteiger partial charge in [-0.25, -0.2) is 0 Å². The first-order valence-electron chi connectivity index (χ1n) is 7.40. The van der Waals surface area contributed by atoms with Gasteiger partial charge < -0.3 is 14.8 Å². The first-order valence-corrected chi connectivity index (χ1v) is 7.40. The number of ether oxygens (including phenoxy) is 2. The van der Waals surface area contributed by atoms with Gasteiger partial charge in [0.2, 0.25) is 0 Å². The molecule has 0 atom stereocenters. The zero-order valence-corrected chi connectivity index (χ0v) is 13.5. The second-order valence-corrected chi connectivity index (χ2v) is 7.08. The molecule has 1 fully saturated rings. The van der Waals surface area contributed by atoms with Gasteiger partial charge in [0.1, 0.15) is 6.10 Å². The molecule has 2 aliphatic rings. The number of hydrogen-bond donors (Lipinski definition) is 1. The molecule has 2 heterocycles. The maximum atomic E-state index is 10.9. The summed E-state index contributed by atoms with van der Waals surface area (Å²) in [5.74, 6) is 1.88. The Kier molecular flexibility index (Phi) is 4.28. The van der Waals surface area contributed by atoms with E-state index in [0.717, 1.165) is 24.3 Å². The van der Waals surface area contributed by atoms with Crippen molar-refractivity contribution in [2.75, 3.05) is 0 Å². The van der Waals surface area contributed by atoms with Crippen LogP contribution < -0.4 is 10.1 Å². The Morgan fingerprint density at radius 2 is 1.62 bits per heavy atom. The highest BCUT2D eigenvalue weighted by molar-refractivity contribution is 5.66. The highest BCUT2D eigenvalue weighted by Gasteiger charge is 2.38. The summed E-state index contributed by atoms with van der Waals surface area (Å²) in [4.78, 5) is 10.9. The largest absolute Gasteiger partial charge is 0.462 e. The maximum absolute atomic E-state index is 10.9. The minimum absolute atomic E-state index is 0.0435. The Bertz CT molecular complexity index is 486. The summed E-state index contributed by atoms with van der Waals surface area (Å²) in [7, 11) is 0. The van der Waals surface area contributed by atoms with Crippen LogP contribution in [0.2, 0.25) is 0 Å². The van der Waals surface area contributed by atoms with Crippen LogP contribution in [0.4, 0.5) is 0 Å². The zero-order chi connectivity index (χ0) is 15.7. The normalized spacial score (nSPS) is 21.2. The highest BCUT2D eigenvalue weighted by atomic mass is 16.6. The average molecular weight is 291 g/mol. The second kappa shape index (κ2) is 5.68. The van der Waals surface area contributed by atoms with E-state index in [-0.39, 0.29) is 23.2 Å². The molecular formula is C17H25NO3. The van der Waals surface area contributed by atoms with Gasteiger partial charge in [0.25, 0.3) is 0 Å². The molecule has 1 N–H and O–H groups in total. The maximum Gasteiger partial charge on any atom is 0.302 e. The number of benzene rings is 1. The number of rotatable bonds is 1. The van der Waals surface area contributed by atoms with E-state index in [9.17, 15) is 4.79 Å². The van der Waals surface area contributed by atoms with Crippen LogP contribution in [-0.2, 0) is 9.53 Å². The third-order valence-electron chi connectivity index (χ3n) is 3.51. The Morgan fingerprint density at radius 1 is 1.14 bits per heavy atom. The Morgan fingerprint density at radius 3 is 2.00 bits per heavy atom. The summed E-state index contributed by atoms with van der Waals surface area (Å²) in [6.07, 6.45) is 1.82. The molecule has 0 spiro atoms. The topological polar surface area (TPSA) is 50.9 Å². The number of esters is 1. The summed E-state index contributed by atoms with van der Waals surface area (Å²) in [6.45, 7) is 10.0. The molecule has 21 heavy (non-hydrogen) atoms. The van der Waals surface area contributed by atoms with Gasteiger partial charge in [-0.3, -0.25) is 4.79 Å². The van der Waals surface area contributed by atoms with Crippen LogP contribution in [-0.4, -0.2) is 23.2 Å². The summed E-state index contributed by atoms with van der Waals surface area (Å²) in [5.41, 5.74) is 0.0870. The Hall–Kier alpha value is -1.55. The minimum atomic E-state index is -0.177. The van der Waals surface area contributed by atoms with Gasteiger partial charge in [0.15, 0.2) is 11.5 Å². The van der Waals surface area contributed by atoms with E-state index in [4.69, 9.17) is 9.47 Å². The van der Waals surface area contributed by atoms with Crippen molar-refractivity contribution in [3.63, 3.8) is 0 Å². The van der Waals surface area contributed by atoms with E-state index in [2.05, 4.69) is 33.0 Å². The third kappa shape index (κ3) is 5.05. The van der Waals surface area contributed by atoms with Crippen LogP contribution in [0.1, 0.15) is 47.5 Å². The van der Waals surface area contributed by atoms with E-state index in [1.807, 2.05) is 24.3 Å². The average Bonchev–Trinajstić information content (AvgIpc) is 3.02. The fourth-order valence-corrected chi connectivity index (χ4v) is 3.16. The molecule has 0 bridgehead atoms. The van der Waals surface area contributed by atoms with E-state index in [1.165, 1.54) is 6.92 Å². The van der Waals surface area contributed by atoms with Gasteiger partial charge in [-0.15, -0.1) is 0 Å². The minimum Gasteiger partial charge on any atom is -0.462 e. The summed E-state index contributed by atoms with van der Waals surface area (Å²) < 4.78 is 10.2. The zero-order valence-electron chi connectivity index (χ0n) is 13.5. The molecule has 0 radical (unpaired) electrons. The fourth-order valence-electron chi connectivity index (χ4n) is 3.16. The predicted molar refractivity (Wildman–Crippen MR) is 82.6 cm³/mol. The van der Waals surface area contributed by atoms with Crippen molar-refractivity contribution in [1.82, 2.24) is 5.32 Å². The van der Waals surface area contributed by atoms with Crippen molar-refractivity contribution in [2.45, 2.75) is 64.6 Å². The van der Waals surface area contributed by atoms with Crippen molar-refractivity contribution in [3.8, 4) is 11.5 Å². The number of carbonyl (C=O) groups is 1. The van der Waals surface area contributed by atoms with Gasteiger partial charge in [-0.2, -0.15) is 0 Å². The molecule has 0 amide bonds. The molecule has 1 aromatic carbocycles. The number of fused-ring (bicyclic) bond motifs is 1. The Labute approximate surface area is 126 Å². The van der Waals surface area contributed by atoms with Crippen molar-refractivity contribution in [2.24, 2.45) is 0 Å². The molecule has 1 aromatic rings. The fraction of sp³-hybridized carbons (Fsp3) is 0.588. The van der Waals surface area contributed by atoms with Gasteiger partial charge in [0, 0.05) is 30.8 Å². The molecule has 4 nitrogen and oxygen atoms in total. The molecule has 0 unspecified atom stereocenters. The van der Waals surface area contributed by atoms with Crippen molar-refractivity contribution in [1.29, 1.82) is 0 Å². The van der Waals surface area contributed by atoms with Crippen LogP contribution >= 0.6 is 0 Å². The number of piperidine rings is 1. The quantitative estimate of drug-likeness (QED) is 0.643. The lowest BCUT2D eigenvalue weighted by Gasteiger charge is -2.45. The molecule has 116 valence electrons. The van der Waals surface area contributed by atoms with Crippen molar-refractivity contribution in [3.05, 3.63) is 24.3 Å². The predicted octanol–water partition coefficient (Wildman–Crippen LogP) is 3.65. The van der Waals surface area contributed by atoms with Crippen LogP contribution in [0.25, 0.3) is 0 Å². The van der Waals surface area contributed by atoms with Gasteiger partial charge >= 0.3 is 5.97 Å². The lowest BCUT2D eigenvalue weighted by molar-refractivity contribution is -0.150. The van der Waals surface area contributed by atoms with Crippen LogP contribution in [0.5, 0.6) is 11.5 Å². The summed E-state index contributed by atoms with van der Waals surface area (Å²) >= 11 is 0. The lowest BCUT2D eigenvalue weighted by Crippen LogP contribution is -2.59. The van der Waals surface area contributed by atoms with E-state index in [1.54, 1.807) is 0 Å². The first-order chi connectivity index (χ1) is 9.67. The van der Waals surface area contributed by atoms with E-state index in [0.29, 0.717) is 0 Å². The molecular weight excluding hydrogens is 266 g/mol. The monoisotopic (exact) mass is 291 g/mol. The molecule has 1 saturated heterocycles. The third-order valence-corrected chi connectivity index (χ3v) is 3.51.